The first kappa shape index (κ1) is 13.1. The van der Waals surface area contributed by atoms with E-state index in [1.165, 1.54) is 17.5 Å². The van der Waals surface area contributed by atoms with E-state index < -0.39 is 6.04 Å². The normalized spacial score (nSPS) is 20.0. The van der Waals surface area contributed by atoms with Gasteiger partial charge in [-0.05, 0) is 49.7 Å². The molecule has 1 aliphatic rings. The molecule has 2 unspecified atom stereocenters. The minimum atomic E-state index is -0.499. The molecular weight excluding hydrogens is 226 g/mol. The Labute approximate surface area is 108 Å². The Kier molecular flexibility index (Phi) is 4.37. The number of fused-ring (bicyclic) bond motifs is 1. The van der Waals surface area contributed by atoms with E-state index in [9.17, 15) is 4.79 Å². The van der Waals surface area contributed by atoms with Crippen LogP contribution in [0.3, 0.4) is 0 Å². The summed E-state index contributed by atoms with van der Waals surface area (Å²) >= 11 is 0. The van der Waals surface area contributed by atoms with Gasteiger partial charge in [-0.25, -0.2) is 0 Å². The van der Waals surface area contributed by atoms with E-state index in [0.717, 1.165) is 12.8 Å². The predicted octanol–water partition coefficient (Wildman–Crippen LogP) is 2.39. The number of benzene rings is 1. The van der Waals surface area contributed by atoms with Crippen molar-refractivity contribution in [2.24, 2.45) is 5.73 Å². The number of esters is 1. The van der Waals surface area contributed by atoms with Crippen molar-refractivity contribution in [2.45, 2.75) is 44.6 Å². The lowest BCUT2D eigenvalue weighted by Crippen LogP contribution is -2.34. The van der Waals surface area contributed by atoms with E-state index in [-0.39, 0.29) is 5.97 Å². The smallest absolute Gasteiger partial charge is 0.322 e. The Morgan fingerprint density at radius 2 is 2.28 bits per heavy atom. The highest BCUT2D eigenvalue weighted by molar-refractivity contribution is 5.75. The minimum absolute atomic E-state index is 0.277. The lowest BCUT2D eigenvalue weighted by molar-refractivity contribution is -0.144. The van der Waals surface area contributed by atoms with Crippen LogP contribution >= 0.6 is 0 Å². The lowest BCUT2D eigenvalue weighted by Gasteiger charge is -2.27. The van der Waals surface area contributed by atoms with Crippen molar-refractivity contribution in [3.8, 4) is 0 Å². The van der Waals surface area contributed by atoms with Crippen LogP contribution in [0.4, 0.5) is 0 Å². The molecule has 2 N–H and O–H groups in total. The van der Waals surface area contributed by atoms with Crippen molar-refractivity contribution in [1.29, 1.82) is 0 Å². The van der Waals surface area contributed by atoms with Gasteiger partial charge in [-0.1, -0.05) is 24.3 Å². The lowest BCUT2D eigenvalue weighted by atomic mass is 9.80. The zero-order valence-electron chi connectivity index (χ0n) is 10.9. The molecule has 0 bridgehead atoms. The summed E-state index contributed by atoms with van der Waals surface area (Å²) in [5.74, 6) is 0.120. The third kappa shape index (κ3) is 2.91. The third-order valence-electron chi connectivity index (χ3n) is 3.62. The third-order valence-corrected chi connectivity index (χ3v) is 3.62. The highest BCUT2D eigenvalue weighted by atomic mass is 16.5. The summed E-state index contributed by atoms with van der Waals surface area (Å²) < 4.78 is 4.97. The number of carbonyl (C=O) groups excluding carboxylic acids is 1. The molecule has 0 aromatic heterocycles. The molecule has 0 saturated carbocycles. The first-order valence-electron chi connectivity index (χ1n) is 6.72. The van der Waals surface area contributed by atoms with Gasteiger partial charge in [0.05, 0.1) is 6.61 Å². The molecule has 0 spiro atoms. The molecule has 0 radical (unpaired) electrons. The minimum Gasteiger partial charge on any atom is -0.465 e. The molecule has 0 fully saturated rings. The number of hydrogen-bond donors (Lipinski definition) is 1. The van der Waals surface area contributed by atoms with Crippen LogP contribution in [0.25, 0.3) is 0 Å². The van der Waals surface area contributed by atoms with Gasteiger partial charge in [-0.3, -0.25) is 4.79 Å². The number of aryl methyl sites for hydroxylation is 1. The van der Waals surface area contributed by atoms with Gasteiger partial charge in [0.15, 0.2) is 0 Å². The monoisotopic (exact) mass is 247 g/mol. The SMILES string of the molecule is CCOC(=O)C(N)CC1CCCc2ccccc21. The van der Waals surface area contributed by atoms with Gasteiger partial charge in [-0.2, -0.15) is 0 Å². The average molecular weight is 247 g/mol. The van der Waals surface area contributed by atoms with Gasteiger partial charge in [0, 0.05) is 0 Å². The van der Waals surface area contributed by atoms with Crippen LogP contribution in [-0.4, -0.2) is 18.6 Å². The molecule has 0 saturated heterocycles. The quantitative estimate of drug-likeness (QED) is 0.831. The number of nitrogens with two attached hydrogens (primary N) is 1. The van der Waals surface area contributed by atoms with Crippen molar-refractivity contribution in [2.75, 3.05) is 6.61 Å². The first-order chi connectivity index (χ1) is 8.72. The molecule has 3 nitrogen and oxygen atoms in total. The van der Waals surface area contributed by atoms with Gasteiger partial charge in [-0.15, -0.1) is 0 Å². The maximum atomic E-state index is 11.6. The van der Waals surface area contributed by atoms with Crippen LogP contribution < -0.4 is 5.73 Å². The van der Waals surface area contributed by atoms with Crippen molar-refractivity contribution >= 4 is 5.97 Å². The van der Waals surface area contributed by atoms with Crippen LogP contribution in [0, 0.1) is 0 Å². The number of carbonyl (C=O) groups is 1. The Hall–Kier alpha value is -1.35. The highest BCUT2D eigenvalue weighted by Gasteiger charge is 2.25. The zero-order valence-corrected chi connectivity index (χ0v) is 10.9. The van der Waals surface area contributed by atoms with Crippen LogP contribution in [0.2, 0.25) is 0 Å². The van der Waals surface area contributed by atoms with E-state index in [0.29, 0.717) is 18.9 Å². The van der Waals surface area contributed by atoms with Crippen molar-refractivity contribution in [1.82, 2.24) is 0 Å². The average Bonchev–Trinajstić information content (AvgIpc) is 2.39. The maximum absolute atomic E-state index is 11.6. The summed E-state index contributed by atoms with van der Waals surface area (Å²) in [6, 6.07) is 7.98. The van der Waals surface area contributed by atoms with Crippen molar-refractivity contribution in [3.63, 3.8) is 0 Å². The molecule has 1 aromatic rings. The van der Waals surface area contributed by atoms with Gasteiger partial charge >= 0.3 is 5.97 Å². The Morgan fingerprint density at radius 1 is 1.50 bits per heavy atom. The van der Waals surface area contributed by atoms with Gasteiger partial charge in [0.1, 0.15) is 6.04 Å². The maximum Gasteiger partial charge on any atom is 0.322 e. The summed E-state index contributed by atoms with van der Waals surface area (Å²) in [6.45, 7) is 2.20. The number of rotatable bonds is 4. The summed E-state index contributed by atoms with van der Waals surface area (Å²) in [6.07, 6.45) is 4.12. The second-order valence-corrected chi connectivity index (χ2v) is 4.88. The van der Waals surface area contributed by atoms with E-state index in [1.54, 1.807) is 6.92 Å². The van der Waals surface area contributed by atoms with Gasteiger partial charge in [0.2, 0.25) is 0 Å². The van der Waals surface area contributed by atoms with Crippen LogP contribution in [0.5, 0.6) is 0 Å². The molecule has 0 aliphatic heterocycles. The molecule has 0 heterocycles. The Morgan fingerprint density at radius 3 is 3.06 bits per heavy atom. The zero-order chi connectivity index (χ0) is 13.0. The molecule has 2 rings (SSSR count). The fourth-order valence-electron chi connectivity index (χ4n) is 2.75. The van der Waals surface area contributed by atoms with E-state index in [2.05, 4.69) is 24.3 Å². The van der Waals surface area contributed by atoms with Crippen molar-refractivity contribution in [3.05, 3.63) is 35.4 Å². The van der Waals surface area contributed by atoms with Crippen LogP contribution in [0.15, 0.2) is 24.3 Å². The van der Waals surface area contributed by atoms with Crippen LogP contribution in [-0.2, 0) is 16.0 Å². The van der Waals surface area contributed by atoms with E-state index in [4.69, 9.17) is 10.5 Å². The molecule has 3 heteroatoms. The Balaban J connectivity index is 2.05. The molecular formula is C15H21NO2. The van der Waals surface area contributed by atoms with Gasteiger partial charge < -0.3 is 10.5 Å². The summed E-state index contributed by atoms with van der Waals surface area (Å²) in [7, 11) is 0. The molecule has 1 aliphatic carbocycles. The predicted molar refractivity (Wildman–Crippen MR) is 71.3 cm³/mol. The largest absolute Gasteiger partial charge is 0.465 e. The topological polar surface area (TPSA) is 52.3 Å². The van der Waals surface area contributed by atoms with Gasteiger partial charge in [0.25, 0.3) is 0 Å². The van der Waals surface area contributed by atoms with Crippen molar-refractivity contribution < 1.29 is 9.53 Å². The molecule has 98 valence electrons. The van der Waals surface area contributed by atoms with E-state index in [1.807, 2.05) is 0 Å². The highest BCUT2D eigenvalue weighted by Crippen LogP contribution is 2.34. The standard InChI is InChI=1S/C15H21NO2/c1-2-18-15(17)14(16)10-12-8-5-7-11-6-3-4-9-13(11)12/h3-4,6,9,12,14H,2,5,7-8,10,16H2,1H3. The fraction of sp³-hybridized carbons (Fsp3) is 0.533. The molecule has 18 heavy (non-hydrogen) atoms. The second kappa shape index (κ2) is 6.01. The summed E-state index contributed by atoms with van der Waals surface area (Å²) in [5.41, 5.74) is 8.69. The van der Waals surface area contributed by atoms with E-state index >= 15 is 0 Å². The second-order valence-electron chi connectivity index (χ2n) is 4.88. The fourth-order valence-corrected chi connectivity index (χ4v) is 2.75. The first-order valence-corrected chi connectivity index (χ1v) is 6.72. The van der Waals surface area contributed by atoms with Crippen LogP contribution in [0.1, 0.15) is 43.2 Å². The number of hydrogen-bond acceptors (Lipinski definition) is 3. The number of ether oxygens (including phenoxy) is 1. The molecule has 0 amide bonds. The Bertz CT molecular complexity index is 417. The molecule has 1 aromatic carbocycles. The molecule has 2 atom stereocenters. The summed E-state index contributed by atoms with van der Waals surface area (Å²) in [4.78, 5) is 11.6. The summed E-state index contributed by atoms with van der Waals surface area (Å²) in [5, 5.41) is 0.